The molecule has 1 atom stereocenters. The summed E-state index contributed by atoms with van der Waals surface area (Å²) in [5.41, 5.74) is 0.835. The molecule has 0 aliphatic carbocycles. The van der Waals surface area contributed by atoms with Crippen molar-refractivity contribution in [2.75, 3.05) is 12.3 Å². The van der Waals surface area contributed by atoms with Crippen molar-refractivity contribution >= 4 is 46.8 Å². The van der Waals surface area contributed by atoms with E-state index in [0.29, 0.717) is 29.6 Å². The van der Waals surface area contributed by atoms with E-state index in [9.17, 15) is 9.59 Å². The Morgan fingerprint density at radius 2 is 1.77 bits per heavy atom. The Hall–Kier alpha value is -1.69. The summed E-state index contributed by atoms with van der Waals surface area (Å²) < 4.78 is 0. The van der Waals surface area contributed by atoms with E-state index in [1.165, 1.54) is 0 Å². The molecule has 7 heteroatoms. The van der Waals surface area contributed by atoms with Crippen LogP contribution < -0.4 is 5.32 Å². The van der Waals surface area contributed by atoms with Crippen LogP contribution in [0.4, 0.5) is 0 Å². The molecular weight excluding hydrogens is 451 g/mol. The number of halogens is 2. The molecule has 0 heterocycles. The van der Waals surface area contributed by atoms with Crippen molar-refractivity contribution in [3.05, 3.63) is 64.1 Å². The lowest BCUT2D eigenvalue weighted by Crippen LogP contribution is -2.47. The number of hydrogen-bond acceptors (Lipinski definition) is 3. The molecule has 1 N–H and O–H groups in total. The molecular formula is C24H30Cl2N2O2S. The number of carbonyl (C=O) groups excluding carboxylic acids is 2. The molecule has 2 amide bonds. The summed E-state index contributed by atoms with van der Waals surface area (Å²) >= 11 is 13.9. The average molecular weight is 481 g/mol. The van der Waals surface area contributed by atoms with E-state index in [4.69, 9.17) is 23.2 Å². The smallest absolute Gasteiger partial charge is 0.242 e. The van der Waals surface area contributed by atoms with Crippen molar-refractivity contribution in [3.63, 3.8) is 0 Å². The first kappa shape index (κ1) is 25.6. The number of carbonyl (C=O) groups is 2. The van der Waals surface area contributed by atoms with Gasteiger partial charge in [-0.3, -0.25) is 9.59 Å². The second kappa shape index (κ2) is 13.7. The van der Waals surface area contributed by atoms with E-state index in [-0.39, 0.29) is 11.8 Å². The predicted octanol–water partition coefficient (Wildman–Crippen LogP) is 6.20. The third kappa shape index (κ3) is 8.76. The van der Waals surface area contributed by atoms with Gasteiger partial charge < -0.3 is 10.2 Å². The van der Waals surface area contributed by atoms with Gasteiger partial charge in [0.25, 0.3) is 0 Å². The lowest BCUT2D eigenvalue weighted by Gasteiger charge is -2.29. The summed E-state index contributed by atoms with van der Waals surface area (Å²) in [5.74, 6) is 0.629. The molecule has 0 saturated carbocycles. The van der Waals surface area contributed by atoms with Gasteiger partial charge in [-0.05, 0) is 61.4 Å². The molecule has 0 aromatic heterocycles. The molecule has 0 fully saturated rings. The van der Waals surface area contributed by atoms with Crippen LogP contribution in [0.25, 0.3) is 0 Å². The summed E-state index contributed by atoms with van der Waals surface area (Å²) in [4.78, 5) is 28.4. The normalized spacial score (nSPS) is 11.7. The van der Waals surface area contributed by atoms with Gasteiger partial charge in [0.2, 0.25) is 11.8 Å². The van der Waals surface area contributed by atoms with E-state index in [0.717, 1.165) is 35.5 Å². The van der Waals surface area contributed by atoms with Gasteiger partial charge >= 0.3 is 0 Å². The number of amides is 2. The van der Waals surface area contributed by atoms with Crippen LogP contribution in [0.3, 0.4) is 0 Å². The fourth-order valence-electron chi connectivity index (χ4n) is 3.02. The zero-order valence-electron chi connectivity index (χ0n) is 18.1. The van der Waals surface area contributed by atoms with Gasteiger partial charge in [0.15, 0.2) is 0 Å². The Morgan fingerprint density at radius 3 is 2.45 bits per heavy atom. The van der Waals surface area contributed by atoms with Gasteiger partial charge in [0.1, 0.15) is 6.04 Å². The highest BCUT2D eigenvalue weighted by atomic mass is 35.5. The molecule has 2 aromatic carbocycles. The summed E-state index contributed by atoms with van der Waals surface area (Å²) in [6.07, 6.45) is 3.01. The minimum absolute atomic E-state index is 0.0465. The molecule has 31 heavy (non-hydrogen) atoms. The highest BCUT2D eigenvalue weighted by molar-refractivity contribution is 7.99. The fraction of sp³-hybridized carbons (Fsp3) is 0.417. The van der Waals surface area contributed by atoms with Crippen LogP contribution in [0.1, 0.15) is 45.1 Å². The first-order valence-corrected chi connectivity index (χ1v) is 12.4. The Bertz CT molecular complexity index is 846. The topological polar surface area (TPSA) is 49.4 Å². The van der Waals surface area contributed by atoms with E-state index in [1.54, 1.807) is 29.7 Å². The zero-order valence-corrected chi connectivity index (χ0v) is 20.4. The first-order chi connectivity index (χ1) is 14.9. The SMILES string of the molecule is CCCCNC(=O)C(C)N(Cc1ccccc1Cl)C(=O)CCCSc1ccc(Cl)cc1. The van der Waals surface area contributed by atoms with Gasteiger partial charge in [-0.25, -0.2) is 0 Å². The third-order valence-corrected chi connectivity index (χ3v) is 6.63. The monoisotopic (exact) mass is 480 g/mol. The molecule has 0 saturated heterocycles. The second-order valence-electron chi connectivity index (χ2n) is 7.34. The van der Waals surface area contributed by atoms with Crippen molar-refractivity contribution < 1.29 is 9.59 Å². The van der Waals surface area contributed by atoms with Crippen molar-refractivity contribution in [3.8, 4) is 0 Å². The molecule has 2 aromatic rings. The van der Waals surface area contributed by atoms with E-state index in [1.807, 2.05) is 42.5 Å². The van der Waals surface area contributed by atoms with Gasteiger partial charge in [0.05, 0.1) is 0 Å². The summed E-state index contributed by atoms with van der Waals surface area (Å²) in [6, 6.07) is 14.5. The third-order valence-electron chi connectivity index (χ3n) is 4.91. The van der Waals surface area contributed by atoms with Crippen LogP contribution in [0.5, 0.6) is 0 Å². The van der Waals surface area contributed by atoms with E-state index in [2.05, 4.69) is 12.2 Å². The molecule has 0 radical (unpaired) electrons. The van der Waals surface area contributed by atoms with Crippen molar-refractivity contribution in [1.82, 2.24) is 10.2 Å². The van der Waals surface area contributed by atoms with Gasteiger partial charge in [-0.15, -0.1) is 11.8 Å². The Kier molecular flexibility index (Phi) is 11.3. The first-order valence-electron chi connectivity index (χ1n) is 10.6. The number of thioether (sulfide) groups is 1. The van der Waals surface area contributed by atoms with Crippen molar-refractivity contribution in [2.24, 2.45) is 0 Å². The largest absolute Gasteiger partial charge is 0.354 e. The van der Waals surface area contributed by atoms with Crippen LogP contribution in [-0.2, 0) is 16.1 Å². The molecule has 2 rings (SSSR count). The van der Waals surface area contributed by atoms with E-state index < -0.39 is 6.04 Å². The molecule has 4 nitrogen and oxygen atoms in total. The van der Waals surface area contributed by atoms with Crippen LogP contribution in [0.15, 0.2) is 53.4 Å². The van der Waals surface area contributed by atoms with Crippen molar-refractivity contribution in [2.45, 2.75) is 57.0 Å². The minimum atomic E-state index is -0.565. The Labute approximate surface area is 199 Å². The van der Waals surface area contributed by atoms with Crippen LogP contribution in [-0.4, -0.2) is 35.1 Å². The van der Waals surface area contributed by atoms with E-state index >= 15 is 0 Å². The van der Waals surface area contributed by atoms with Gasteiger partial charge in [0, 0.05) is 34.5 Å². The maximum Gasteiger partial charge on any atom is 0.242 e. The van der Waals surface area contributed by atoms with Crippen LogP contribution in [0, 0.1) is 0 Å². The number of rotatable bonds is 12. The Morgan fingerprint density at radius 1 is 1.06 bits per heavy atom. The van der Waals surface area contributed by atoms with Gasteiger partial charge in [-0.1, -0.05) is 54.7 Å². The maximum atomic E-state index is 13.1. The average Bonchev–Trinajstić information content (AvgIpc) is 2.77. The molecule has 168 valence electrons. The number of nitrogens with zero attached hydrogens (tertiary/aromatic N) is 1. The zero-order chi connectivity index (χ0) is 22.6. The highest BCUT2D eigenvalue weighted by Crippen LogP contribution is 2.23. The van der Waals surface area contributed by atoms with Crippen LogP contribution in [0.2, 0.25) is 10.0 Å². The lowest BCUT2D eigenvalue weighted by molar-refractivity contribution is -0.140. The second-order valence-corrected chi connectivity index (χ2v) is 9.35. The summed E-state index contributed by atoms with van der Waals surface area (Å²) in [7, 11) is 0. The number of benzene rings is 2. The standard InChI is InChI=1S/C24H30Cl2N2O2S/c1-3-4-15-27-24(30)18(2)28(17-19-8-5-6-9-22(19)26)23(29)10-7-16-31-21-13-11-20(25)12-14-21/h5-6,8-9,11-14,18H,3-4,7,10,15-17H2,1-2H3,(H,27,30). The Balaban J connectivity index is 1.98. The number of nitrogens with one attached hydrogen (secondary N) is 1. The van der Waals surface area contributed by atoms with Crippen LogP contribution >= 0.6 is 35.0 Å². The minimum Gasteiger partial charge on any atom is -0.354 e. The summed E-state index contributed by atoms with van der Waals surface area (Å²) in [6.45, 7) is 4.78. The summed E-state index contributed by atoms with van der Waals surface area (Å²) in [5, 5.41) is 4.24. The molecule has 0 aliphatic heterocycles. The predicted molar refractivity (Wildman–Crippen MR) is 131 cm³/mol. The molecule has 0 aliphatic rings. The molecule has 0 spiro atoms. The highest BCUT2D eigenvalue weighted by Gasteiger charge is 2.26. The lowest BCUT2D eigenvalue weighted by atomic mass is 10.1. The van der Waals surface area contributed by atoms with Crippen molar-refractivity contribution in [1.29, 1.82) is 0 Å². The van der Waals surface area contributed by atoms with Gasteiger partial charge in [-0.2, -0.15) is 0 Å². The molecule has 0 bridgehead atoms. The fourth-order valence-corrected chi connectivity index (χ4v) is 4.19. The number of hydrogen-bond donors (Lipinski definition) is 1. The maximum absolute atomic E-state index is 13.1. The molecule has 1 unspecified atom stereocenters. The number of unbranched alkanes of at least 4 members (excludes halogenated alkanes) is 1. The quantitative estimate of drug-likeness (QED) is 0.290.